The average Bonchev–Trinajstić information content (AvgIpc) is 2.41. The molecule has 4 rings (SSSR count). The number of amides is 1. The highest BCUT2D eigenvalue weighted by Gasteiger charge is 2.54. The minimum atomic E-state index is 0.0375. The molecule has 4 aliphatic rings. The van der Waals surface area contributed by atoms with Gasteiger partial charge in [-0.3, -0.25) is 4.79 Å². The first-order valence-corrected chi connectivity index (χ1v) is 9.58. The summed E-state index contributed by atoms with van der Waals surface area (Å²) in [4.78, 5) is 12.7. The highest BCUT2D eigenvalue weighted by molar-refractivity contribution is 9.09. The van der Waals surface area contributed by atoms with Crippen LogP contribution in [0.4, 0.5) is 0 Å². The Hall–Kier alpha value is -0.0500. The van der Waals surface area contributed by atoms with Crippen molar-refractivity contribution < 1.29 is 4.79 Å². The van der Waals surface area contributed by atoms with Crippen LogP contribution in [0.3, 0.4) is 0 Å². The van der Waals surface area contributed by atoms with Gasteiger partial charge in [0.05, 0.1) is 0 Å². The fourth-order valence-electron chi connectivity index (χ4n) is 5.31. The number of rotatable bonds is 6. The van der Waals surface area contributed by atoms with Crippen molar-refractivity contribution in [3.05, 3.63) is 0 Å². The van der Waals surface area contributed by atoms with Gasteiger partial charge in [0, 0.05) is 17.3 Å². The molecule has 2 nitrogen and oxygen atoms in total. The maximum Gasteiger partial charge on any atom is 0.226 e. The summed E-state index contributed by atoms with van der Waals surface area (Å²) in [5, 5.41) is 4.33. The van der Waals surface area contributed by atoms with Crippen molar-refractivity contribution in [2.75, 3.05) is 11.9 Å². The van der Waals surface area contributed by atoms with Crippen LogP contribution in [0.15, 0.2) is 0 Å². The SMILES string of the molecule is CC(CBr)CCCNC(=O)C12CC3CC(CC(C3)C1)C2. The molecule has 0 spiro atoms. The van der Waals surface area contributed by atoms with E-state index in [1.165, 1.54) is 44.9 Å². The maximum absolute atomic E-state index is 12.7. The number of carbonyl (C=O) groups excluding carboxylic acids is 1. The fraction of sp³-hybridized carbons (Fsp3) is 0.941. The zero-order valence-corrected chi connectivity index (χ0v) is 14.3. The van der Waals surface area contributed by atoms with E-state index in [1.54, 1.807) is 0 Å². The summed E-state index contributed by atoms with van der Waals surface area (Å²) in [7, 11) is 0. The molecule has 0 saturated heterocycles. The van der Waals surface area contributed by atoms with Crippen LogP contribution >= 0.6 is 15.9 Å². The maximum atomic E-state index is 12.7. The fourth-order valence-corrected chi connectivity index (χ4v) is 5.63. The van der Waals surface area contributed by atoms with E-state index in [-0.39, 0.29) is 5.41 Å². The molecule has 3 heteroatoms. The molecule has 1 unspecified atom stereocenters. The van der Waals surface area contributed by atoms with Crippen molar-refractivity contribution in [2.24, 2.45) is 29.1 Å². The van der Waals surface area contributed by atoms with E-state index >= 15 is 0 Å². The van der Waals surface area contributed by atoms with E-state index in [4.69, 9.17) is 0 Å². The molecule has 4 fully saturated rings. The van der Waals surface area contributed by atoms with Gasteiger partial charge in [0.25, 0.3) is 0 Å². The minimum absolute atomic E-state index is 0.0375. The molecule has 4 bridgehead atoms. The van der Waals surface area contributed by atoms with Gasteiger partial charge in [-0.2, -0.15) is 0 Å². The molecule has 0 aromatic rings. The number of hydrogen-bond acceptors (Lipinski definition) is 1. The Bertz CT molecular complexity index is 333. The molecular formula is C17H28BrNO. The standard InChI is InChI=1S/C17H28BrNO/c1-12(11-18)3-2-4-19-16(20)17-8-13-5-14(9-17)7-15(6-13)10-17/h12-15H,2-11H2,1H3,(H,19,20). The normalized spacial score (nSPS) is 39.8. The zero-order chi connectivity index (χ0) is 14.2. The number of carbonyl (C=O) groups is 1. The van der Waals surface area contributed by atoms with Crippen molar-refractivity contribution in [1.82, 2.24) is 5.32 Å². The second-order valence-corrected chi connectivity index (χ2v) is 8.50. The molecule has 1 amide bonds. The average molecular weight is 342 g/mol. The zero-order valence-electron chi connectivity index (χ0n) is 12.7. The quantitative estimate of drug-likeness (QED) is 0.571. The number of alkyl halides is 1. The van der Waals surface area contributed by atoms with E-state index in [1.807, 2.05) is 0 Å². The predicted octanol–water partition coefficient (Wildman–Crippen LogP) is 4.13. The van der Waals surface area contributed by atoms with Crippen LogP contribution < -0.4 is 5.32 Å². The van der Waals surface area contributed by atoms with Crippen LogP contribution in [-0.2, 0) is 4.79 Å². The van der Waals surface area contributed by atoms with Gasteiger partial charge in [-0.15, -0.1) is 0 Å². The van der Waals surface area contributed by atoms with E-state index < -0.39 is 0 Å². The Morgan fingerprint density at radius 1 is 1.20 bits per heavy atom. The summed E-state index contributed by atoms with van der Waals surface area (Å²) in [5.74, 6) is 3.69. The van der Waals surface area contributed by atoms with Crippen molar-refractivity contribution in [3.63, 3.8) is 0 Å². The Labute approximate surface area is 131 Å². The number of halogens is 1. The van der Waals surface area contributed by atoms with Gasteiger partial charge in [-0.25, -0.2) is 0 Å². The summed E-state index contributed by atoms with van der Waals surface area (Å²) >= 11 is 3.52. The van der Waals surface area contributed by atoms with Gasteiger partial charge in [0.2, 0.25) is 5.91 Å². The topological polar surface area (TPSA) is 29.1 Å². The minimum Gasteiger partial charge on any atom is -0.356 e. The van der Waals surface area contributed by atoms with Gasteiger partial charge in [-0.05, 0) is 75.0 Å². The smallest absolute Gasteiger partial charge is 0.226 e. The van der Waals surface area contributed by atoms with Gasteiger partial charge in [0.15, 0.2) is 0 Å². The Balaban J connectivity index is 1.50. The van der Waals surface area contributed by atoms with Crippen molar-refractivity contribution in [2.45, 2.75) is 58.3 Å². The lowest BCUT2D eigenvalue weighted by Crippen LogP contribution is -2.53. The van der Waals surface area contributed by atoms with Gasteiger partial charge in [-0.1, -0.05) is 22.9 Å². The van der Waals surface area contributed by atoms with Gasteiger partial charge < -0.3 is 5.32 Å². The van der Waals surface area contributed by atoms with Crippen molar-refractivity contribution >= 4 is 21.8 Å². The molecule has 1 N–H and O–H groups in total. The first kappa shape index (κ1) is 14.9. The van der Waals surface area contributed by atoms with Crippen LogP contribution in [-0.4, -0.2) is 17.8 Å². The molecule has 20 heavy (non-hydrogen) atoms. The Morgan fingerprint density at radius 3 is 2.25 bits per heavy atom. The van der Waals surface area contributed by atoms with Crippen molar-refractivity contribution in [3.8, 4) is 0 Å². The Morgan fingerprint density at radius 2 is 1.75 bits per heavy atom. The highest BCUT2D eigenvalue weighted by Crippen LogP contribution is 2.60. The molecular weight excluding hydrogens is 314 g/mol. The molecule has 1 atom stereocenters. The molecule has 0 heterocycles. The highest BCUT2D eigenvalue weighted by atomic mass is 79.9. The summed E-state index contributed by atoms with van der Waals surface area (Å²) in [6.07, 6.45) is 10.1. The van der Waals surface area contributed by atoms with Crippen LogP contribution in [0.2, 0.25) is 0 Å². The monoisotopic (exact) mass is 341 g/mol. The second-order valence-electron chi connectivity index (χ2n) is 7.86. The lowest BCUT2D eigenvalue weighted by atomic mass is 9.49. The van der Waals surface area contributed by atoms with Crippen LogP contribution in [0, 0.1) is 29.1 Å². The van der Waals surface area contributed by atoms with Gasteiger partial charge >= 0.3 is 0 Å². The third-order valence-electron chi connectivity index (χ3n) is 5.94. The summed E-state index contributed by atoms with van der Waals surface area (Å²) < 4.78 is 0. The molecule has 4 aliphatic carbocycles. The van der Waals surface area contributed by atoms with Crippen molar-refractivity contribution in [1.29, 1.82) is 0 Å². The molecule has 4 saturated carbocycles. The van der Waals surface area contributed by atoms with Crippen LogP contribution in [0.1, 0.15) is 58.3 Å². The lowest BCUT2D eigenvalue weighted by Gasteiger charge is -2.55. The molecule has 0 aromatic heterocycles. The predicted molar refractivity (Wildman–Crippen MR) is 85.8 cm³/mol. The van der Waals surface area contributed by atoms with E-state index in [2.05, 4.69) is 28.2 Å². The third kappa shape index (κ3) is 2.93. The third-order valence-corrected chi connectivity index (χ3v) is 7.05. The van der Waals surface area contributed by atoms with E-state index in [0.29, 0.717) is 11.8 Å². The second kappa shape index (κ2) is 5.98. The van der Waals surface area contributed by atoms with E-state index in [0.717, 1.165) is 36.0 Å². The molecule has 0 aliphatic heterocycles. The summed E-state index contributed by atoms with van der Waals surface area (Å²) in [6, 6.07) is 0. The van der Waals surface area contributed by atoms with E-state index in [9.17, 15) is 4.79 Å². The lowest BCUT2D eigenvalue weighted by molar-refractivity contribution is -0.146. The summed E-state index contributed by atoms with van der Waals surface area (Å²) in [5.41, 5.74) is 0.0375. The van der Waals surface area contributed by atoms with Crippen LogP contribution in [0.5, 0.6) is 0 Å². The van der Waals surface area contributed by atoms with Gasteiger partial charge in [0.1, 0.15) is 0 Å². The first-order chi connectivity index (χ1) is 9.61. The summed E-state index contributed by atoms with van der Waals surface area (Å²) in [6.45, 7) is 3.13. The van der Waals surface area contributed by atoms with Crippen LogP contribution in [0.25, 0.3) is 0 Å². The largest absolute Gasteiger partial charge is 0.356 e. The molecule has 114 valence electrons. The number of nitrogens with one attached hydrogen (secondary N) is 1. The number of hydrogen-bond donors (Lipinski definition) is 1. The Kier molecular flexibility index (Phi) is 4.45. The molecule has 0 aromatic carbocycles. The first-order valence-electron chi connectivity index (χ1n) is 8.45. The molecule has 0 radical (unpaired) electrons.